The van der Waals surface area contributed by atoms with Crippen LogP contribution in [0, 0.1) is 0 Å². The van der Waals surface area contributed by atoms with E-state index in [9.17, 15) is 24.3 Å². The van der Waals surface area contributed by atoms with E-state index in [0.717, 1.165) is 28.9 Å². The molecular weight excluding hydrogens is 831 g/mol. The van der Waals surface area contributed by atoms with Crippen molar-refractivity contribution in [2.45, 2.75) is 70.3 Å². The van der Waals surface area contributed by atoms with Gasteiger partial charge in [-0.15, -0.1) is 0 Å². The third kappa shape index (κ3) is 8.22. The fourth-order valence-corrected chi connectivity index (χ4v) is 8.96. The second-order valence-electron chi connectivity index (χ2n) is 16.6. The van der Waals surface area contributed by atoms with Crippen molar-refractivity contribution in [3.63, 3.8) is 0 Å². The first kappa shape index (κ1) is 43.0. The van der Waals surface area contributed by atoms with Gasteiger partial charge in [0.05, 0.1) is 54.8 Å². The highest BCUT2D eigenvalue weighted by molar-refractivity contribution is 6.13. The minimum absolute atomic E-state index is 0.00848. The summed E-state index contributed by atoms with van der Waals surface area (Å²) in [5.74, 6) is 0.217. The molecule has 0 aromatic heterocycles. The molecule has 0 fully saturated rings. The summed E-state index contributed by atoms with van der Waals surface area (Å²) >= 11 is 0. The molecular formula is C49H51N7O9. The number of aliphatic hydroxyl groups is 1. The summed E-state index contributed by atoms with van der Waals surface area (Å²) in [5, 5.41) is 26.4. The molecule has 0 bridgehead atoms. The van der Waals surface area contributed by atoms with Crippen LogP contribution >= 0.6 is 0 Å². The molecule has 0 radical (unpaired) electrons. The van der Waals surface area contributed by atoms with E-state index in [1.165, 1.54) is 14.2 Å². The molecule has 4 aliphatic rings. The van der Waals surface area contributed by atoms with Crippen molar-refractivity contribution in [1.82, 2.24) is 10.6 Å². The average Bonchev–Trinajstić information content (AvgIpc) is 3.83. The van der Waals surface area contributed by atoms with E-state index < -0.39 is 30.3 Å². The van der Waals surface area contributed by atoms with E-state index >= 15 is 0 Å². The minimum atomic E-state index is -1.06. The Balaban J connectivity index is 0.980. The maximum Gasteiger partial charge on any atom is 0.260 e. The smallest absolute Gasteiger partial charge is 0.260 e. The number of hydrogen-bond donors (Lipinski definition) is 6. The van der Waals surface area contributed by atoms with E-state index in [-0.39, 0.29) is 37.0 Å². The van der Waals surface area contributed by atoms with Gasteiger partial charge in [0.15, 0.2) is 23.0 Å². The number of anilines is 5. The number of carbonyl (C=O) groups is 4. The van der Waals surface area contributed by atoms with Crippen LogP contribution in [0.5, 0.6) is 23.0 Å². The monoisotopic (exact) mass is 881 g/mol. The van der Waals surface area contributed by atoms with Crippen LogP contribution in [-0.4, -0.2) is 86.9 Å². The molecule has 0 spiro atoms. The van der Waals surface area contributed by atoms with Gasteiger partial charge in [0.2, 0.25) is 11.8 Å². The number of amides is 4. The molecule has 4 amide bonds. The molecule has 6 N–H and O–H groups in total. The first-order valence-electron chi connectivity index (χ1n) is 21.6. The van der Waals surface area contributed by atoms with E-state index in [1.54, 1.807) is 62.2 Å². The molecule has 4 aliphatic heterocycles. The standard InChI is InChI=1S/C49H51N7O9/c1-26(50-3)45(57)52-27(2)46(58)53-32-15-28(24-64-43-21-36-34(19-41(43)62-4)48(60)55-33(23-51-36)17-30-10-6-8-12-38(30)55)14-29(16-32)25-65-44-22-37-35(20-42(44)63-5)49(61)56-39-13-9-7-11-31(39)18-40(56)47(59)54-37/h6-16,19-22,26-27,33,40,47,50-51,54,59H,17-18,23-25H2,1-5H3,(H,52,57)(H,53,58)/t26-,27+,33-,40-,47?/m0/s1. The molecule has 4 heterocycles. The van der Waals surface area contributed by atoms with Crippen LogP contribution in [0.4, 0.5) is 28.4 Å². The topological polar surface area (TPSA) is 192 Å². The Kier molecular flexibility index (Phi) is 11.7. The summed E-state index contributed by atoms with van der Waals surface area (Å²) in [6.07, 6.45) is 0.180. The highest BCUT2D eigenvalue weighted by Gasteiger charge is 2.42. The van der Waals surface area contributed by atoms with Gasteiger partial charge in [0.1, 0.15) is 25.5 Å². The molecule has 0 saturated heterocycles. The van der Waals surface area contributed by atoms with Crippen LogP contribution in [0.1, 0.15) is 56.8 Å². The van der Waals surface area contributed by atoms with Crippen LogP contribution in [-0.2, 0) is 35.6 Å². The lowest BCUT2D eigenvalue weighted by molar-refractivity contribution is -0.127. The lowest BCUT2D eigenvalue weighted by atomic mass is 10.1. The van der Waals surface area contributed by atoms with Crippen LogP contribution in [0.15, 0.2) is 91.0 Å². The Morgan fingerprint density at radius 3 is 1.92 bits per heavy atom. The molecule has 16 nitrogen and oxygen atoms in total. The van der Waals surface area contributed by atoms with Crippen molar-refractivity contribution in [3.05, 3.63) is 124 Å². The number of carbonyl (C=O) groups excluding carboxylic acids is 4. The van der Waals surface area contributed by atoms with Crippen molar-refractivity contribution < 1.29 is 43.2 Å². The summed E-state index contributed by atoms with van der Waals surface area (Å²) in [5.41, 5.74) is 7.29. The molecule has 1 unspecified atom stereocenters. The van der Waals surface area contributed by atoms with Gasteiger partial charge < -0.3 is 60.4 Å². The Morgan fingerprint density at radius 2 is 1.29 bits per heavy atom. The molecule has 9 rings (SSSR count). The van der Waals surface area contributed by atoms with E-state index in [4.69, 9.17) is 18.9 Å². The van der Waals surface area contributed by atoms with Crippen LogP contribution in [0.3, 0.4) is 0 Å². The van der Waals surface area contributed by atoms with E-state index in [0.29, 0.717) is 75.3 Å². The maximum absolute atomic E-state index is 14.1. The number of aliphatic hydroxyl groups excluding tert-OH is 1. The van der Waals surface area contributed by atoms with Crippen molar-refractivity contribution in [2.75, 3.05) is 53.6 Å². The SMILES string of the molecule is CN[C@@H](C)C(=O)N[C@H](C)C(=O)Nc1cc(COc2cc3c(cc2OC)C(=O)N2c4ccccc4C[C@H]2CN3)cc(COc2cc3c(cc2OC)C(=O)N2c4ccccc4C[C@H]2C(O)N3)c1. The minimum Gasteiger partial charge on any atom is -0.493 e. The lowest BCUT2D eigenvalue weighted by Gasteiger charge is -2.26. The second-order valence-corrected chi connectivity index (χ2v) is 16.6. The number of rotatable bonds is 13. The quantitative estimate of drug-likeness (QED) is 0.0905. The summed E-state index contributed by atoms with van der Waals surface area (Å²) in [4.78, 5) is 57.6. The van der Waals surface area contributed by atoms with E-state index in [2.05, 4.69) is 32.7 Å². The number of nitrogens with zero attached hydrogens (tertiary/aromatic N) is 2. The summed E-state index contributed by atoms with van der Waals surface area (Å²) in [6.45, 7) is 3.86. The zero-order valence-corrected chi connectivity index (χ0v) is 36.7. The molecule has 0 aliphatic carbocycles. The van der Waals surface area contributed by atoms with Crippen molar-refractivity contribution in [3.8, 4) is 23.0 Å². The van der Waals surface area contributed by atoms with Crippen molar-refractivity contribution >= 4 is 52.1 Å². The molecule has 65 heavy (non-hydrogen) atoms. The molecule has 336 valence electrons. The number of hydrogen-bond acceptors (Lipinski definition) is 12. The predicted octanol–water partition coefficient (Wildman–Crippen LogP) is 5.23. The fraction of sp³-hybridized carbons (Fsp3) is 0.306. The van der Waals surface area contributed by atoms with Crippen molar-refractivity contribution in [2.24, 2.45) is 0 Å². The Labute approximate surface area is 376 Å². The summed E-state index contributed by atoms with van der Waals surface area (Å²) in [7, 11) is 4.67. The first-order valence-corrected chi connectivity index (χ1v) is 21.6. The summed E-state index contributed by atoms with van der Waals surface area (Å²) in [6, 6.07) is 25.7. The summed E-state index contributed by atoms with van der Waals surface area (Å²) < 4.78 is 24.3. The third-order valence-corrected chi connectivity index (χ3v) is 12.5. The van der Waals surface area contributed by atoms with Gasteiger partial charge in [-0.25, -0.2) is 0 Å². The molecule has 0 saturated carbocycles. The fourth-order valence-electron chi connectivity index (χ4n) is 8.96. The third-order valence-electron chi connectivity index (χ3n) is 12.5. The van der Waals surface area contributed by atoms with Crippen LogP contribution in [0.25, 0.3) is 0 Å². The average molecular weight is 882 g/mol. The highest BCUT2D eigenvalue weighted by Crippen LogP contribution is 2.43. The highest BCUT2D eigenvalue weighted by atomic mass is 16.5. The van der Waals surface area contributed by atoms with Crippen LogP contribution < -0.4 is 55.3 Å². The van der Waals surface area contributed by atoms with Gasteiger partial charge in [-0.05, 0) is 98.5 Å². The van der Waals surface area contributed by atoms with E-state index in [1.807, 2.05) is 53.4 Å². The molecule has 16 heteroatoms. The van der Waals surface area contributed by atoms with Gasteiger partial charge in [-0.3, -0.25) is 19.2 Å². The Morgan fingerprint density at radius 1 is 0.723 bits per heavy atom. The number of nitrogens with one attached hydrogen (secondary N) is 5. The van der Waals surface area contributed by atoms with Gasteiger partial charge in [0, 0.05) is 35.7 Å². The van der Waals surface area contributed by atoms with Gasteiger partial charge >= 0.3 is 0 Å². The normalized spacial score (nSPS) is 18.7. The second kappa shape index (κ2) is 17.7. The number of methoxy groups -OCH3 is 2. The number of para-hydroxylation sites is 2. The zero-order chi connectivity index (χ0) is 45.5. The maximum atomic E-state index is 14.1. The van der Waals surface area contributed by atoms with Crippen LogP contribution in [0.2, 0.25) is 0 Å². The van der Waals surface area contributed by atoms with Gasteiger partial charge in [-0.2, -0.15) is 0 Å². The molecule has 5 atom stereocenters. The molecule has 5 aromatic rings. The zero-order valence-electron chi connectivity index (χ0n) is 36.7. The first-order chi connectivity index (χ1) is 31.4. The van der Waals surface area contributed by atoms with Crippen molar-refractivity contribution in [1.29, 1.82) is 0 Å². The Bertz CT molecular complexity index is 2710. The largest absolute Gasteiger partial charge is 0.493 e. The Hall–Kier alpha value is -7.30. The van der Waals surface area contributed by atoms with Gasteiger partial charge in [0.25, 0.3) is 11.8 Å². The number of benzene rings is 5. The number of ether oxygens (including phenoxy) is 4. The molecule has 5 aromatic carbocycles. The van der Waals surface area contributed by atoms with Gasteiger partial charge in [-0.1, -0.05) is 36.4 Å². The number of fused-ring (bicyclic) bond motifs is 8. The number of likely N-dealkylation sites (N-methyl/N-ethyl adjacent to an activating group) is 1. The lowest BCUT2D eigenvalue weighted by Crippen LogP contribution is -2.48. The predicted molar refractivity (Wildman–Crippen MR) is 245 cm³/mol.